The highest BCUT2D eigenvalue weighted by molar-refractivity contribution is 6.01. The van der Waals surface area contributed by atoms with Crippen LogP contribution in [0, 0.1) is 5.92 Å². The van der Waals surface area contributed by atoms with Crippen molar-refractivity contribution in [3.8, 4) is 0 Å². The maximum atomic E-state index is 5.71. The highest BCUT2D eigenvalue weighted by Gasteiger charge is 2.20. The van der Waals surface area contributed by atoms with Crippen LogP contribution < -0.4 is 11.5 Å². The number of amidine groups is 1. The van der Waals surface area contributed by atoms with E-state index < -0.39 is 0 Å². The SMILES string of the molecule is C/C=C(/C(C)C)N1N=CN=C(N)/C1=C/N. The van der Waals surface area contributed by atoms with Crippen molar-refractivity contribution < 1.29 is 0 Å². The van der Waals surface area contributed by atoms with Gasteiger partial charge in [-0.25, -0.2) is 10.0 Å². The molecule has 4 N–H and O–H groups in total. The van der Waals surface area contributed by atoms with Gasteiger partial charge in [-0.15, -0.1) is 0 Å². The maximum absolute atomic E-state index is 5.71. The molecule has 0 amide bonds. The lowest BCUT2D eigenvalue weighted by Crippen LogP contribution is -2.32. The lowest BCUT2D eigenvalue weighted by molar-refractivity contribution is 0.416. The molecule has 1 rings (SSSR count). The second-order valence-electron chi connectivity index (χ2n) is 3.48. The van der Waals surface area contributed by atoms with Crippen molar-refractivity contribution in [1.82, 2.24) is 5.01 Å². The van der Waals surface area contributed by atoms with Gasteiger partial charge in [0, 0.05) is 11.9 Å². The van der Waals surface area contributed by atoms with Gasteiger partial charge in [0.15, 0.2) is 5.84 Å². The first-order chi connectivity index (χ1) is 7.11. The molecule has 0 aliphatic carbocycles. The van der Waals surface area contributed by atoms with Gasteiger partial charge in [0.25, 0.3) is 0 Å². The van der Waals surface area contributed by atoms with E-state index in [0.717, 1.165) is 5.70 Å². The fraction of sp³-hybridized carbons (Fsp3) is 0.400. The van der Waals surface area contributed by atoms with E-state index in [2.05, 4.69) is 23.9 Å². The van der Waals surface area contributed by atoms with Gasteiger partial charge in [-0.3, -0.25) is 0 Å². The van der Waals surface area contributed by atoms with E-state index >= 15 is 0 Å². The molecule has 0 bridgehead atoms. The van der Waals surface area contributed by atoms with Crippen LogP contribution in [0.15, 0.2) is 33.8 Å². The Kier molecular flexibility index (Phi) is 3.49. The van der Waals surface area contributed by atoms with E-state index in [4.69, 9.17) is 11.5 Å². The second-order valence-corrected chi connectivity index (χ2v) is 3.48. The van der Waals surface area contributed by atoms with Gasteiger partial charge in [-0.1, -0.05) is 19.9 Å². The first kappa shape index (κ1) is 11.3. The zero-order valence-electron chi connectivity index (χ0n) is 9.31. The molecule has 82 valence electrons. The predicted molar refractivity (Wildman–Crippen MR) is 62.8 cm³/mol. The van der Waals surface area contributed by atoms with E-state index in [1.807, 2.05) is 13.0 Å². The number of hydrazone groups is 1. The number of rotatable bonds is 2. The van der Waals surface area contributed by atoms with E-state index in [1.165, 1.54) is 12.5 Å². The van der Waals surface area contributed by atoms with Crippen LogP contribution in [0.25, 0.3) is 0 Å². The highest BCUT2D eigenvalue weighted by Crippen LogP contribution is 2.22. The summed E-state index contributed by atoms with van der Waals surface area (Å²) in [5.41, 5.74) is 12.9. The molecule has 0 saturated carbocycles. The lowest BCUT2D eigenvalue weighted by atomic mass is 10.1. The molecule has 0 saturated heterocycles. The summed E-state index contributed by atoms with van der Waals surface area (Å²) in [6.45, 7) is 6.13. The normalized spacial score (nSPS) is 20.0. The zero-order chi connectivity index (χ0) is 11.4. The first-order valence-corrected chi connectivity index (χ1v) is 4.86. The Morgan fingerprint density at radius 3 is 2.67 bits per heavy atom. The third kappa shape index (κ3) is 2.18. The lowest BCUT2D eigenvalue weighted by Gasteiger charge is -2.27. The zero-order valence-corrected chi connectivity index (χ0v) is 9.31. The predicted octanol–water partition coefficient (Wildman–Crippen LogP) is 0.962. The smallest absolute Gasteiger partial charge is 0.152 e. The molecule has 5 nitrogen and oxygen atoms in total. The van der Waals surface area contributed by atoms with Gasteiger partial charge in [-0.05, 0) is 12.8 Å². The fourth-order valence-corrected chi connectivity index (χ4v) is 1.44. The first-order valence-electron chi connectivity index (χ1n) is 4.86. The summed E-state index contributed by atoms with van der Waals surface area (Å²) in [6.07, 6.45) is 4.83. The minimum atomic E-state index is 0.341. The van der Waals surface area contributed by atoms with Crippen LogP contribution in [0.1, 0.15) is 20.8 Å². The Bertz CT molecular complexity index is 349. The number of hydrogen-bond acceptors (Lipinski definition) is 5. The quantitative estimate of drug-likeness (QED) is 0.707. The Hall–Kier alpha value is -1.78. The molecule has 5 heteroatoms. The van der Waals surface area contributed by atoms with Crippen LogP contribution in [-0.4, -0.2) is 17.2 Å². The maximum Gasteiger partial charge on any atom is 0.152 e. The number of hydrogen-bond donors (Lipinski definition) is 2. The van der Waals surface area contributed by atoms with Crippen molar-refractivity contribution in [2.75, 3.05) is 0 Å². The molecule has 0 atom stereocenters. The monoisotopic (exact) mass is 207 g/mol. The van der Waals surface area contributed by atoms with Gasteiger partial charge in [0.1, 0.15) is 12.0 Å². The molecule has 0 aromatic carbocycles. The Balaban J connectivity index is 3.07. The molecule has 0 aromatic rings. The molecule has 1 aliphatic rings. The van der Waals surface area contributed by atoms with Crippen molar-refractivity contribution in [3.63, 3.8) is 0 Å². The molecule has 0 aromatic heterocycles. The topological polar surface area (TPSA) is 80.0 Å². The van der Waals surface area contributed by atoms with Gasteiger partial charge in [0.05, 0.1) is 0 Å². The highest BCUT2D eigenvalue weighted by atomic mass is 15.5. The van der Waals surface area contributed by atoms with Gasteiger partial charge in [-0.2, -0.15) is 5.10 Å². The van der Waals surface area contributed by atoms with Gasteiger partial charge >= 0.3 is 0 Å². The molecule has 15 heavy (non-hydrogen) atoms. The van der Waals surface area contributed by atoms with Crippen molar-refractivity contribution in [2.24, 2.45) is 27.5 Å². The van der Waals surface area contributed by atoms with Crippen molar-refractivity contribution in [2.45, 2.75) is 20.8 Å². The summed E-state index contributed by atoms with van der Waals surface area (Å²) in [6, 6.07) is 0. The Morgan fingerprint density at radius 1 is 1.53 bits per heavy atom. The number of nitrogens with zero attached hydrogens (tertiary/aromatic N) is 3. The second kappa shape index (κ2) is 4.63. The van der Waals surface area contributed by atoms with Crippen molar-refractivity contribution >= 4 is 12.2 Å². The summed E-state index contributed by atoms with van der Waals surface area (Å²) >= 11 is 0. The Labute approximate surface area is 89.8 Å². The van der Waals surface area contributed by atoms with Crippen LogP contribution in [0.5, 0.6) is 0 Å². The minimum absolute atomic E-state index is 0.341. The molecule has 1 aliphatic heterocycles. The third-order valence-electron chi connectivity index (χ3n) is 2.14. The van der Waals surface area contributed by atoms with Gasteiger partial charge in [0.2, 0.25) is 0 Å². The third-order valence-corrected chi connectivity index (χ3v) is 2.14. The molecule has 0 radical (unpaired) electrons. The number of aliphatic imine (C=N–C) groups is 1. The summed E-state index contributed by atoms with van der Waals surface area (Å²) in [7, 11) is 0. The molecule has 0 unspecified atom stereocenters. The van der Waals surface area contributed by atoms with Gasteiger partial charge < -0.3 is 11.5 Å². The van der Waals surface area contributed by atoms with Crippen molar-refractivity contribution in [3.05, 3.63) is 23.7 Å². The number of allylic oxidation sites excluding steroid dienone is 2. The summed E-state index contributed by atoms with van der Waals surface area (Å²) in [4.78, 5) is 3.89. The van der Waals surface area contributed by atoms with E-state index in [1.54, 1.807) is 5.01 Å². The average molecular weight is 207 g/mol. The summed E-state index contributed by atoms with van der Waals surface area (Å²) < 4.78 is 0. The molecule has 1 heterocycles. The average Bonchev–Trinajstić information content (AvgIpc) is 2.18. The van der Waals surface area contributed by atoms with Crippen molar-refractivity contribution in [1.29, 1.82) is 0 Å². The summed E-state index contributed by atoms with van der Waals surface area (Å²) in [5, 5.41) is 5.86. The van der Waals surface area contributed by atoms with E-state index in [9.17, 15) is 0 Å². The molecule has 0 fully saturated rings. The van der Waals surface area contributed by atoms with Crippen LogP contribution in [0.4, 0.5) is 0 Å². The van der Waals surface area contributed by atoms with Crippen LogP contribution in [0.3, 0.4) is 0 Å². The van der Waals surface area contributed by atoms with Crippen LogP contribution in [-0.2, 0) is 0 Å². The fourth-order valence-electron chi connectivity index (χ4n) is 1.44. The minimum Gasteiger partial charge on any atom is -0.403 e. The standard InChI is InChI=1S/C10H17N5/c1-4-8(7(2)3)15-9(5-11)10(12)13-6-14-15/h4-7H,11H2,1-3H3,(H2,12,13,14)/b8-4-,9-5-. The molecule has 0 spiro atoms. The van der Waals surface area contributed by atoms with Crippen LogP contribution in [0.2, 0.25) is 0 Å². The number of nitrogens with two attached hydrogens (primary N) is 2. The Morgan fingerprint density at radius 2 is 2.20 bits per heavy atom. The van der Waals surface area contributed by atoms with Crippen LogP contribution >= 0.6 is 0 Å². The molecular weight excluding hydrogens is 190 g/mol. The summed E-state index contributed by atoms with van der Waals surface area (Å²) in [5.74, 6) is 0.723. The van der Waals surface area contributed by atoms with E-state index in [-0.39, 0.29) is 0 Å². The largest absolute Gasteiger partial charge is 0.403 e. The van der Waals surface area contributed by atoms with E-state index in [0.29, 0.717) is 17.5 Å². The molecular formula is C10H17N5.